The zero-order chi connectivity index (χ0) is 14.7. The van der Waals surface area contributed by atoms with Crippen molar-refractivity contribution in [3.8, 4) is 28.7 Å². The van der Waals surface area contributed by atoms with Crippen LogP contribution in [-0.4, -0.2) is 25.2 Å². The number of aromatic amines is 1. The van der Waals surface area contributed by atoms with Gasteiger partial charge >= 0.3 is 0 Å². The van der Waals surface area contributed by atoms with Crippen LogP contribution in [0.15, 0.2) is 35.1 Å². The highest BCUT2D eigenvalue weighted by Crippen LogP contribution is 2.29. The normalized spacial score (nSPS) is 10.6. The molecule has 1 aromatic rings. The fraction of sp³-hybridized carbons (Fsp3) is 0.214. The first kappa shape index (κ1) is 13.0. The molecule has 1 aliphatic heterocycles. The molecule has 0 saturated carbocycles. The first-order valence-electron chi connectivity index (χ1n) is 6.55. The van der Waals surface area contributed by atoms with Crippen molar-refractivity contribution in [3.63, 3.8) is 0 Å². The average Bonchev–Trinajstić information content (AvgIpc) is 3.00. The van der Waals surface area contributed by atoms with Gasteiger partial charge in [0.25, 0.3) is 5.56 Å². The molecule has 0 fully saturated rings. The predicted molar refractivity (Wildman–Crippen MR) is 75.3 cm³/mol. The van der Waals surface area contributed by atoms with E-state index >= 15 is 0 Å². The molecule has 0 radical (unpaired) electrons. The van der Waals surface area contributed by atoms with E-state index in [1.54, 1.807) is 4.57 Å². The zero-order valence-corrected chi connectivity index (χ0v) is 11.2. The van der Waals surface area contributed by atoms with Gasteiger partial charge in [0.2, 0.25) is 5.82 Å². The SMILES string of the molecule is N#CCCCn1c2cccccc-2c(-c2nn[nH]n2)c1=O. The van der Waals surface area contributed by atoms with Gasteiger partial charge in [0, 0.05) is 18.5 Å². The van der Waals surface area contributed by atoms with Crippen LogP contribution >= 0.6 is 0 Å². The standard InChI is InChI=1S/C14H12N6O/c15-8-4-5-9-20-11-7-3-1-2-6-10(11)12(14(20)21)13-16-18-19-17-13/h1-3,6-7H,4-5,9H2,(H,16,17,18,19). The minimum Gasteiger partial charge on any atom is -0.308 e. The van der Waals surface area contributed by atoms with E-state index < -0.39 is 0 Å². The second-order valence-corrected chi connectivity index (χ2v) is 4.54. The Morgan fingerprint density at radius 1 is 1.29 bits per heavy atom. The third kappa shape index (κ3) is 2.27. The van der Waals surface area contributed by atoms with E-state index in [9.17, 15) is 4.79 Å². The lowest BCUT2D eigenvalue weighted by atomic mass is 10.1. The number of tetrazole rings is 1. The van der Waals surface area contributed by atoms with Crippen LogP contribution in [0.2, 0.25) is 0 Å². The average molecular weight is 280 g/mol. The second kappa shape index (κ2) is 5.54. The van der Waals surface area contributed by atoms with Crippen molar-refractivity contribution in [1.82, 2.24) is 25.2 Å². The summed E-state index contributed by atoms with van der Waals surface area (Å²) in [6.45, 7) is 0.491. The molecule has 0 atom stereocenters. The molecule has 0 spiro atoms. The van der Waals surface area contributed by atoms with Gasteiger partial charge in [-0.1, -0.05) is 24.3 Å². The van der Waals surface area contributed by atoms with E-state index in [-0.39, 0.29) is 11.4 Å². The van der Waals surface area contributed by atoms with Crippen LogP contribution in [0.4, 0.5) is 0 Å². The molecule has 0 unspecified atom stereocenters. The van der Waals surface area contributed by atoms with Gasteiger partial charge in [0.15, 0.2) is 0 Å². The molecular formula is C14H12N6O. The summed E-state index contributed by atoms with van der Waals surface area (Å²) in [4.78, 5) is 12.6. The first-order valence-corrected chi connectivity index (χ1v) is 6.55. The topological polar surface area (TPSA) is 100 Å². The number of aromatic nitrogens is 5. The molecule has 7 nitrogen and oxygen atoms in total. The van der Waals surface area contributed by atoms with E-state index in [2.05, 4.69) is 26.7 Å². The second-order valence-electron chi connectivity index (χ2n) is 4.54. The first-order chi connectivity index (χ1) is 10.3. The van der Waals surface area contributed by atoms with Gasteiger partial charge in [0.1, 0.15) is 0 Å². The van der Waals surface area contributed by atoms with Crippen LogP contribution < -0.4 is 5.56 Å². The Kier molecular flexibility index (Phi) is 3.43. The lowest BCUT2D eigenvalue weighted by Gasteiger charge is -2.03. The molecule has 3 rings (SSSR count). The Bertz CT molecular complexity index is 814. The monoisotopic (exact) mass is 280 g/mol. The molecule has 7 heteroatoms. The highest BCUT2D eigenvalue weighted by atomic mass is 16.1. The van der Waals surface area contributed by atoms with Crippen LogP contribution in [0, 0.1) is 11.3 Å². The minimum absolute atomic E-state index is 0.157. The van der Waals surface area contributed by atoms with Crippen molar-refractivity contribution in [3.05, 3.63) is 40.7 Å². The van der Waals surface area contributed by atoms with E-state index in [4.69, 9.17) is 5.26 Å². The Morgan fingerprint density at radius 2 is 2.14 bits per heavy atom. The lowest BCUT2D eigenvalue weighted by molar-refractivity contribution is 0.647. The molecule has 0 saturated heterocycles. The predicted octanol–water partition coefficient (Wildman–Crippen LogP) is 1.44. The number of unbranched alkanes of at least 4 members (excludes halogenated alkanes) is 1. The minimum atomic E-state index is -0.157. The molecule has 1 aromatic heterocycles. The molecule has 1 N–H and O–H groups in total. The summed E-state index contributed by atoms with van der Waals surface area (Å²) in [7, 11) is 0. The van der Waals surface area contributed by atoms with Gasteiger partial charge in [-0.3, -0.25) is 4.79 Å². The lowest BCUT2D eigenvalue weighted by Crippen LogP contribution is -2.16. The summed E-state index contributed by atoms with van der Waals surface area (Å²) in [5, 5.41) is 22.4. The molecule has 0 aromatic carbocycles. The highest BCUT2D eigenvalue weighted by Gasteiger charge is 2.23. The summed E-state index contributed by atoms with van der Waals surface area (Å²) < 4.78 is 1.67. The van der Waals surface area contributed by atoms with E-state index in [1.165, 1.54) is 0 Å². The van der Waals surface area contributed by atoms with Crippen LogP contribution in [0.1, 0.15) is 12.8 Å². The maximum absolute atomic E-state index is 12.6. The van der Waals surface area contributed by atoms with E-state index in [0.29, 0.717) is 24.9 Å². The summed E-state index contributed by atoms with van der Waals surface area (Å²) in [5.41, 5.74) is 1.87. The van der Waals surface area contributed by atoms with Gasteiger partial charge in [-0.25, -0.2) is 0 Å². The molecular weight excluding hydrogens is 268 g/mol. The number of nitriles is 1. The fourth-order valence-corrected chi connectivity index (χ4v) is 2.37. The van der Waals surface area contributed by atoms with Crippen LogP contribution in [-0.2, 0) is 6.54 Å². The van der Waals surface area contributed by atoms with Crippen LogP contribution in [0.25, 0.3) is 22.6 Å². The summed E-state index contributed by atoms with van der Waals surface area (Å²) in [6, 6.07) is 11.5. The molecule has 104 valence electrons. The molecule has 2 aliphatic rings. The van der Waals surface area contributed by atoms with Crippen molar-refractivity contribution >= 4 is 0 Å². The largest absolute Gasteiger partial charge is 0.308 e. The maximum atomic E-state index is 12.6. The Balaban J connectivity index is 2.19. The fourth-order valence-electron chi connectivity index (χ4n) is 2.37. The molecule has 1 aliphatic carbocycles. The van der Waals surface area contributed by atoms with E-state index in [1.807, 2.05) is 30.3 Å². The Morgan fingerprint density at radius 3 is 2.90 bits per heavy atom. The molecule has 0 amide bonds. The Hall–Kier alpha value is -3.01. The number of hydrogen-bond donors (Lipinski definition) is 1. The van der Waals surface area contributed by atoms with Gasteiger partial charge in [-0.15, -0.1) is 10.2 Å². The number of fused-ring (bicyclic) bond motifs is 1. The number of rotatable bonds is 4. The molecule has 0 bridgehead atoms. The van der Waals surface area contributed by atoms with Gasteiger partial charge in [-0.2, -0.15) is 10.5 Å². The van der Waals surface area contributed by atoms with Crippen molar-refractivity contribution in [1.29, 1.82) is 5.26 Å². The number of hydrogen-bond acceptors (Lipinski definition) is 5. The quantitative estimate of drug-likeness (QED) is 0.729. The molecule has 21 heavy (non-hydrogen) atoms. The maximum Gasteiger partial charge on any atom is 0.262 e. The van der Waals surface area contributed by atoms with Crippen LogP contribution in [0.3, 0.4) is 0 Å². The van der Waals surface area contributed by atoms with Crippen LogP contribution in [0.5, 0.6) is 0 Å². The highest BCUT2D eigenvalue weighted by molar-refractivity contribution is 5.80. The smallest absolute Gasteiger partial charge is 0.262 e. The number of H-pyrrole nitrogens is 1. The molecule has 2 heterocycles. The van der Waals surface area contributed by atoms with Crippen molar-refractivity contribution < 1.29 is 0 Å². The van der Waals surface area contributed by atoms with E-state index in [0.717, 1.165) is 11.3 Å². The van der Waals surface area contributed by atoms with Crippen molar-refractivity contribution in [2.24, 2.45) is 0 Å². The Labute approximate surface area is 120 Å². The number of nitrogens with one attached hydrogen (secondary N) is 1. The van der Waals surface area contributed by atoms with Gasteiger partial charge in [-0.05, 0) is 17.7 Å². The third-order valence-electron chi connectivity index (χ3n) is 3.27. The van der Waals surface area contributed by atoms with Gasteiger partial charge < -0.3 is 4.57 Å². The summed E-state index contributed by atoms with van der Waals surface area (Å²) in [6.07, 6.45) is 1.04. The zero-order valence-electron chi connectivity index (χ0n) is 11.2. The van der Waals surface area contributed by atoms with Crippen molar-refractivity contribution in [2.75, 3.05) is 0 Å². The summed E-state index contributed by atoms with van der Waals surface area (Å²) in [5.74, 6) is 0.287. The summed E-state index contributed by atoms with van der Waals surface area (Å²) >= 11 is 0. The van der Waals surface area contributed by atoms with Crippen molar-refractivity contribution in [2.45, 2.75) is 19.4 Å². The van der Waals surface area contributed by atoms with Gasteiger partial charge in [0.05, 0.1) is 17.3 Å². The third-order valence-corrected chi connectivity index (χ3v) is 3.27. The number of nitrogens with zero attached hydrogens (tertiary/aromatic N) is 5.